The largest absolute Gasteiger partial charge is 0.494 e. The van der Waals surface area contributed by atoms with E-state index >= 15 is 0 Å². The van der Waals surface area contributed by atoms with E-state index in [2.05, 4.69) is 12.1 Å². The molecule has 2 aromatic carbocycles. The number of carbonyl (C=O) groups is 1. The summed E-state index contributed by atoms with van der Waals surface area (Å²) >= 11 is 0. The van der Waals surface area contributed by atoms with Gasteiger partial charge in [0.15, 0.2) is 0 Å². The molecule has 3 rings (SSSR count). The molecule has 25 heavy (non-hydrogen) atoms. The van der Waals surface area contributed by atoms with Gasteiger partial charge in [-0.15, -0.1) is 0 Å². The number of nitrogens with zero attached hydrogens (tertiary/aromatic N) is 1. The molecule has 1 saturated heterocycles. The number of para-hydroxylation sites is 1. The van der Waals surface area contributed by atoms with Crippen LogP contribution in [0.2, 0.25) is 0 Å². The highest BCUT2D eigenvalue weighted by Crippen LogP contribution is 2.25. The van der Waals surface area contributed by atoms with Gasteiger partial charge in [-0.2, -0.15) is 0 Å². The predicted octanol–water partition coefficient (Wildman–Crippen LogP) is 3.83. The highest BCUT2D eigenvalue weighted by molar-refractivity contribution is 5.76. The number of hydrogen-bond acceptors (Lipinski definition) is 3. The van der Waals surface area contributed by atoms with Crippen LogP contribution in [-0.4, -0.2) is 36.6 Å². The van der Waals surface area contributed by atoms with Gasteiger partial charge in [0, 0.05) is 6.42 Å². The lowest BCUT2D eigenvalue weighted by Crippen LogP contribution is -2.48. The van der Waals surface area contributed by atoms with E-state index in [1.807, 2.05) is 60.4 Å². The molecule has 2 unspecified atom stereocenters. The van der Waals surface area contributed by atoms with Crippen molar-refractivity contribution in [2.75, 3.05) is 19.8 Å². The van der Waals surface area contributed by atoms with Gasteiger partial charge in [0.05, 0.1) is 25.8 Å². The van der Waals surface area contributed by atoms with Crippen molar-refractivity contribution in [2.24, 2.45) is 0 Å². The quantitative estimate of drug-likeness (QED) is 0.751. The van der Waals surface area contributed by atoms with E-state index in [-0.39, 0.29) is 18.1 Å². The van der Waals surface area contributed by atoms with Crippen molar-refractivity contribution in [3.8, 4) is 5.75 Å². The average Bonchev–Trinajstić information content (AvgIpc) is 2.67. The Morgan fingerprint density at radius 3 is 2.52 bits per heavy atom. The van der Waals surface area contributed by atoms with Gasteiger partial charge < -0.3 is 14.4 Å². The lowest BCUT2D eigenvalue weighted by Gasteiger charge is -2.38. The molecule has 0 radical (unpaired) electrons. The second-order valence-corrected chi connectivity index (χ2v) is 6.39. The minimum atomic E-state index is -0.0399. The third kappa shape index (κ3) is 4.83. The highest BCUT2D eigenvalue weighted by atomic mass is 16.5. The Morgan fingerprint density at radius 2 is 1.80 bits per heavy atom. The summed E-state index contributed by atoms with van der Waals surface area (Å²) in [7, 11) is 0. The molecule has 0 spiro atoms. The normalized spacial score (nSPS) is 20.3. The maximum Gasteiger partial charge on any atom is 0.223 e. The first-order chi connectivity index (χ1) is 12.2. The van der Waals surface area contributed by atoms with Gasteiger partial charge in [-0.1, -0.05) is 48.5 Å². The maximum atomic E-state index is 12.6. The van der Waals surface area contributed by atoms with Crippen molar-refractivity contribution in [2.45, 2.75) is 31.9 Å². The van der Waals surface area contributed by atoms with Crippen molar-refractivity contribution < 1.29 is 14.3 Å². The standard InChI is InChI=1S/C21H25NO3/c1-17-16-25-20(18-9-4-2-5-10-18)15-22(17)21(23)13-8-14-24-19-11-6-3-7-12-19/h2-7,9-12,17,20H,8,13-16H2,1H3. The molecule has 0 N–H and O–H groups in total. The third-order valence-electron chi connectivity index (χ3n) is 4.47. The average molecular weight is 339 g/mol. The lowest BCUT2D eigenvalue weighted by molar-refractivity contribution is -0.144. The molecule has 1 heterocycles. The summed E-state index contributed by atoms with van der Waals surface area (Å²) in [6.45, 7) is 3.78. The van der Waals surface area contributed by atoms with Gasteiger partial charge in [-0.25, -0.2) is 0 Å². The Morgan fingerprint density at radius 1 is 1.12 bits per heavy atom. The summed E-state index contributed by atoms with van der Waals surface area (Å²) in [6, 6.07) is 19.9. The number of hydrogen-bond donors (Lipinski definition) is 0. The van der Waals surface area contributed by atoms with Crippen LogP contribution in [0.5, 0.6) is 5.75 Å². The smallest absolute Gasteiger partial charge is 0.223 e. The van der Waals surface area contributed by atoms with Crippen molar-refractivity contribution in [1.82, 2.24) is 4.90 Å². The number of carbonyl (C=O) groups excluding carboxylic acids is 1. The molecule has 1 amide bonds. The van der Waals surface area contributed by atoms with Gasteiger partial charge in [-0.3, -0.25) is 4.79 Å². The maximum absolute atomic E-state index is 12.6. The molecule has 132 valence electrons. The summed E-state index contributed by atoms with van der Waals surface area (Å²) in [6.07, 6.45) is 1.17. The molecule has 0 bridgehead atoms. The van der Waals surface area contributed by atoms with Gasteiger partial charge in [0.1, 0.15) is 11.9 Å². The molecule has 0 aliphatic carbocycles. The Kier molecular flexibility index (Phi) is 6.07. The van der Waals surface area contributed by atoms with Crippen LogP contribution in [0, 0.1) is 0 Å². The van der Waals surface area contributed by atoms with Crippen LogP contribution >= 0.6 is 0 Å². The molecule has 1 aliphatic rings. The SMILES string of the molecule is CC1COC(c2ccccc2)CN1C(=O)CCCOc1ccccc1. The third-order valence-corrected chi connectivity index (χ3v) is 4.47. The molecule has 0 saturated carbocycles. The fourth-order valence-corrected chi connectivity index (χ4v) is 3.05. The fourth-order valence-electron chi connectivity index (χ4n) is 3.05. The van der Waals surface area contributed by atoms with Gasteiger partial charge in [-0.05, 0) is 31.0 Å². The van der Waals surface area contributed by atoms with Crippen LogP contribution in [0.3, 0.4) is 0 Å². The molecule has 4 heteroatoms. The molecule has 1 aliphatic heterocycles. The zero-order chi connectivity index (χ0) is 17.5. The van der Waals surface area contributed by atoms with Crippen LogP contribution in [-0.2, 0) is 9.53 Å². The zero-order valence-electron chi connectivity index (χ0n) is 14.6. The molecular weight excluding hydrogens is 314 g/mol. The minimum absolute atomic E-state index is 0.0399. The molecule has 4 nitrogen and oxygen atoms in total. The van der Waals surface area contributed by atoms with Crippen molar-refractivity contribution >= 4 is 5.91 Å². The molecule has 2 atom stereocenters. The van der Waals surface area contributed by atoms with E-state index in [4.69, 9.17) is 9.47 Å². The lowest BCUT2D eigenvalue weighted by atomic mass is 10.1. The highest BCUT2D eigenvalue weighted by Gasteiger charge is 2.29. The first-order valence-electron chi connectivity index (χ1n) is 8.88. The number of morpholine rings is 1. The van der Waals surface area contributed by atoms with Crippen molar-refractivity contribution in [1.29, 1.82) is 0 Å². The number of rotatable bonds is 6. The topological polar surface area (TPSA) is 38.8 Å². The van der Waals surface area contributed by atoms with Crippen LogP contribution in [0.1, 0.15) is 31.4 Å². The Labute approximate surface area is 149 Å². The molecule has 1 fully saturated rings. The number of amides is 1. The van der Waals surface area contributed by atoms with Crippen molar-refractivity contribution in [3.05, 3.63) is 66.2 Å². The monoisotopic (exact) mass is 339 g/mol. The first-order valence-corrected chi connectivity index (χ1v) is 8.88. The van der Waals surface area contributed by atoms with Crippen LogP contribution in [0.4, 0.5) is 0 Å². The Balaban J connectivity index is 1.48. The van der Waals surface area contributed by atoms with E-state index in [0.29, 0.717) is 32.6 Å². The van der Waals surface area contributed by atoms with E-state index in [9.17, 15) is 4.79 Å². The summed E-state index contributed by atoms with van der Waals surface area (Å²) in [5, 5.41) is 0. The molecular formula is C21H25NO3. The zero-order valence-corrected chi connectivity index (χ0v) is 14.6. The van der Waals surface area contributed by atoms with Crippen molar-refractivity contribution in [3.63, 3.8) is 0 Å². The van der Waals surface area contributed by atoms with E-state index in [0.717, 1.165) is 11.3 Å². The molecule has 0 aromatic heterocycles. The Hall–Kier alpha value is -2.33. The van der Waals surface area contributed by atoms with Crippen LogP contribution < -0.4 is 4.74 Å². The summed E-state index contributed by atoms with van der Waals surface area (Å²) in [5.41, 5.74) is 1.12. The predicted molar refractivity (Wildman–Crippen MR) is 97.5 cm³/mol. The van der Waals surface area contributed by atoms with Gasteiger partial charge in [0.25, 0.3) is 0 Å². The number of ether oxygens (including phenoxy) is 2. The van der Waals surface area contributed by atoms with Crippen LogP contribution in [0.25, 0.3) is 0 Å². The van der Waals surface area contributed by atoms with E-state index < -0.39 is 0 Å². The minimum Gasteiger partial charge on any atom is -0.494 e. The molecule has 2 aromatic rings. The first kappa shape index (κ1) is 17.5. The van der Waals surface area contributed by atoms with Crippen LogP contribution in [0.15, 0.2) is 60.7 Å². The number of benzene rings is 2. The summed E-state index contributed by atoms with van der Waals surface area (Å²) < 4.78 is 11.6. The van der Waals surface area contributed by atoms with Gasteiger partial charge in [0.2, 0.25) is 5.91 Å². The summed E-state index contributed by atoms with van der Waals surface area (Å²) in [5.74, 6) is 1.02. The van der Waals surface area contributed by atoms with Gasteiger partial charge >= 0.3 is 0 Å². The van der Waals surface area contributed by atoms with E-state index in [1.165, 1.54) is 0 Å². The van der Waals surface area contributed by atoms with E-state index in [1.54, 1.807) is 0 Å². The summed E-state index contributed by atoms with van der Waals surface area (Å²) in [4.78, 5) is 14.6. The Bertz CT molecular complexity index is 659. The fraction of sp³-hybridized carbons (Fsp3) is 0.381. The second kappa shape index (κ2) is 8.67. The second-order valence-electron chi connectivity index (χ2n) is 6.39.